The van der Waals surface area contributed by atoms with E-state index in [1.54, 1.807) is 29.2 Å². The van der Waals surface area contributed by atoms with Crippen molar-refractivity contribution in [3.05, 3.63) is 28.7 Å². The smallest absolute Gasteiger partial charge is 0.257 e. The number of nitrogens with zero attached hydrogens (tertiary/aromatic N) is 3. The van der Waals surface area contributed by atoms with Gasteiger partial charge < -0.3 is 5.73 Å². The van der Waals surface area contributed by atoms with Crippen molar-refractivity contribution in [1.82, 2.24) is 9.21 Å². The predicted octanol–water partition coefficient (Wildman–Crippen LogP) is 2.81. The molecular weight excluding hydrogens is 456 g/mol. The number of piperidine rings is 1. The Morgan fingerprint density at radius 2 is 1.83 bits per heavy atom. The zero-order valence-electron chi connectivity index (χ0n) is 17.1. The Morgan fingerprint density at radius 3 is 2.38 bits per heavy atom. The first-order valence-corrected chi connectivity index (χ1v) is 12.2. The van der Waals surface area contributed by atoms with Crippen molar-refractivity contribution in [3.8, 4) is 0 Å². The van der Waals surface area contributed by atoms with Crippen LogP contribution in [0, 0.1) is 11.8 Å². The Balaban J connectivity index is 1.61. The van der Waals surface area contributed by atoms with Gasteiger partial charge in [-0.3, -0.25) is 9.69 Å². The van der Waals surface area contributed by atoms with Gasteiger partial charge in [-0.25, -0.2) is 13.4 Å². The van der Waals surface area contributed by atoms with E-state index in [4.69, 9.17) is 5.73 Å². The molecule has 9 heteroatoms. The van der Waals surface area contributed by atoms with Gasteiger partial charge in [0, 0.05) is 24.1 Å². The summed E-state index contributed by atoms with van der Waals surface area (Å²) in [6.45, 7) is 7.34. The van der Waals surface area contributed by atoms with Crippen molar-refractivity contribution in [2.24, 2.45) is 22.6 Å². The van der Waals surface area contributed by atoms with Gasteiger partial charge in [-0.05, 0) is 62.3 Å². The Kier molecular flexibility index (Phi) is 6.41. The maximum atomic E-state index is 12.9. The molecule has 2 aliphatic rings. The van der Waals surface area contributed by atoms with E-state index in [0.717, 1.165) is 4.47 Å². The van der Waals surface area contributed by atoms with E-state index in [1.165, 1.54) is 4.31 Å². The molecule has 1 aromatic rings. The van der Waals surface area contributed by atoms with Gasteiger partial charge in [-0.1, -0.05) is 29.8 Å². The second-order valence-electron chi connectivity index (χ2n) is 8.56. The molecule has 2 N–H and O–H groups in total. The molecule has 1 aromatic carbocycles. The van der Waals surface area contributed by atoms with Crippen LogP contribution in [0.4, 0.5) is 0 Å². The molecular formula is C20H29BrN4O3S. The van der Waals surface area contributed by atoms with Crippen molar-refractivity contribution < 1.29 is 13.2 Å². The number of nitrogens with two attached hydrogens (primary N) is 1. The number of sulfonamides is 1. The van der Waals surface area contributed by atoms with Crippen LogP contribution in [0.15, 0.2) is 38.6 Å². The molecule has 0 aromatic heterocycles. The average Bonchev–Trinajstić information content (AvgIpc) is 2.85. The van der Waals surface area contributed by atoms with E-state index in [1.807, 2.05) is 6.92 Å². The molecule has 1 amide bonds. The molecule has 1 unspecified atom stereocenters. The molecule has 1 saturated heterocycles. The second kappa shape index (κ2) is 8.35. The highest BCUT2D eigenvalue weighted by Crippen LogP contribution is 2.31. The van der Waals surface area contributed by atoms with E-state index in [-0.39, 0.29) is 17.8 Å². The Labute approximate surface area is 181 Å². The molecule has 2 aliphatic heterocycles. The van der Waals surface area contributed by atoms with Crippen molar-refractivity contribution in [3.63, 3.8) is 0 Å². The quantitative estimate of drug-likeness (QED) is 0.670. The predicted molar refractivity (Wildman–Crippen MR) is 117 cm³/mol. The lowest BCUT2D eigenvalue weighted by atomic mass is 9.90. The largest absolute Gasteiger partial charge is 0.369 e. The highest BCUT2D eigenvalue weighted by molar-refractivity contribution is 9.10. The lowest BCUT2D eigenvalue weighted by molar-refractivity contribution is -0.131. The number of benzene rings is 1. The van der Waals surface area contributed by atoms with Crippen LogP contribution in [-0.2, 0) is 14.8 Å². The summed E-state index contributed by atoms with van der Waals surface area (Å²) >= 11 is 3.33. The fourth-order valence-electron chi connectivity index (χ4n) is 4.21. The van der Waals surface area contributed by atoms with Crippen molar-refractivity contribution >= 4 is 37.8 Å². The minimum absolute atomic E-state index is 0.0476. The molecule has 7 nitrogen and oxygen atoms in total. The minimum atomic E-state index is -3.50. The Morgan fingerprint density at radius 1 is 1.24 bits per heavy atom. The van der Waals surface area contributed by atoms with Crippen LogP contribution < -0.4 is 5.73 Å². The van der Waals surface area contributed by atoms with Crippen molar-refractivity contribution in [1.29, 1.82) is 0 Å². The zero-order valence-corrected chi connectivity index (χ0v) is 19.5. The molecule has 160 valence electrons. The maximum Gasteiger partial charge on any atom is 0.257 e. The van der Waals surface area contributed by atoms with E-state index in [0.29, 0.717) is 49.7 Å². The van der Waals surface area contributed by atoms with Crippen LogP contribution in [0.25, 0.3) is 0 Å². The molecule has 2 heterocycles. The fourth-order valence-corrected chi connectivity index (χ4v) is 5.94. The molecule has 1 atom stereocenters. The zero-order chi connectivity index (χ0) is 21.4. The van der Waals surface area contributed by atoms with Gasteiger partial charge in [0.1, 0.15) is 5.54 Å². The standard InChI is InChI=1S/C20H29BrN4O3S/c1-14(2)12-20(3)18(26)25(19(22)23-20)13-15-8-10-24(11-9-15)29(27,28)17-6-4-16(21)5-7-17/h4-7,14-15H,8-13H2,1-3H3,(H2,22,23). The van der Waals surface area contributed by atoms with Gasteiger partial charge in [-0.15, -0.1) is 0 Å². The molecule has 1 fully saturated rings. The van der Waals surface area contributed by atoms with E-state index >= 15 is 0 Å². The first-order chi connectivity index (χ1) is 13.5. The number of aliphatic imine (C=N–C) groups is 1. The molecule has 0 spiro atoms. The third-order valence-electron chi connectivity index (χ3n) is 5.62. The van der Waals surface area contributed by atoms with Gasteiger partial charge in [0.05, 0.1) is 4.90 Å². The first-order valence-electron chi connectivity index (χ1n) is 9.96. The topological polar surface area (TPSA) is 96.1 Å². The van der Waals surface area contributed by atoms with E-state index in [9.17, 15) is 13.2 Å². The lowest BCUT2D eigenvalue weighted by Crippen LogP contribution is -2.47. The Hall–Kier alpha value is -1.45. The maximum absolute atomic E-state index is 12.9. The number of carbonyl (C=O) groups is 1. The summed E-state index contributed by atoms with van der Waals surface area (Å²) in [4.78, 5) is 19.2. The third-order valence-corrected chi connectivity index (χ3v) is 8.06. The van der Waals surface area contributed by atoms with Gasteiger partial charge in [0.15, 0.2) is 5.96 Å². The first kappa shape index (κ1) is 22.2. The molecule has 0 saturated carbocycles. The van der Waals surface area contributed by atoms with Crippen LogP contribution in [0.1, 0.15) is 40.0 Å². The van der Waals surface area contributed by atoms with Gasteiger partial charge in [0.2, 0.25) is 10.0 Å². The van der Waals surface area contributed by atoms with Gasteiger partial charge >= 0.3 is 0 Å². The SMILES string of the molecule is CC(C)CC1(C)N=C(N)N(CC2CCN(S(=O)(=O)c3ccc(Br)cc3)CC2)C1=O. The van der Waals surface area contributed by atoms with Crippen LogP contribution >= 0.6 is 15.9 Å². The highest BCUT2D eigenvalue weighted by Gasteiger charge is 2.45. The highest BCUT2D eigenvalue weighted by atomic mass is 79.9. The summed E-state index contributed by atoms with van der Waals surface area (Å²) in [6.07, 6.45) is 2.04. The number of guanidine groups is 1. The van der Waals surface area contributed by atoms with Crippen LogP contribution in [0.5, 0.6) is 0 Å². The van der Waals surface area contributed by atoms with Crippen LogP contribution in [0.2, 0.25) is 0 Å². The normalized spacial score (nSPS) is 24.4. The number of halogens is 1. The molecule has 0 aliphatic carbocycles. The fraction of sp³-hybridized carbons (Fsp3) is 0.600. The van der Waals surface area contributed by atoms with Crippen LogP contribution in [0.3, 0.4) is 0 Å². The number of amides is 1. The van der Waals surface area contributed by atoms with E-state index in [2.05, 4.69) is 34.8 Å². The Bertz CT molecular complexity index is 893. The number of hydrogen-bond donors (Lipinski definition) is 1. The molecule has 0 radical (unpaired) electrons. The summed E-state index contributed by atoms with van der Waals surface area (Å²) in [5.41, 5.74) is 5.28. The minimum Gasteiger partial charge on any atom is -0.369 e. The summed E-state index contributed by atoms with van der Waals surface area (Å²) in [5.74, 6) is 0.773. The van der Waals surface area contributed by atoms with Gasteiger partial charge in [0.25, 0.3) is 5.91 Å². The van der Waals surface area contributed by atoms with Crippen molar-refractivity contribution in [2.45, 2.75) is 50.5 Å². The third kappa shape index (κ3) is 4.67. The number of rotatable bonds is 6. The van der Waals surface area contributed by atoms with Crippen molar-refractivity contribution in [2.75, 3.05) is 19.6 Å². The number of hydrogen-bond acceptors (Lipinski definition) is 5. The monoisotopic (exact) mass is 484 g/mol. The lowest BCUT2D eigenvalue weighted by Gasteiger charge is -2.33. The molecule has 0 bridgehead atoms. The summed E-state index contributed by atoms with van der Waals surface area (Å²) < 4.78 is 28.1. The molecule has 3 rings (SSSR count). The summed E-state index contributed by atoms with van der Waals surface area (Å²) in [5, 5.41) is 0. The van der Waals surface area contributed by atoms with Crippen LogP contribution in [-0.4, -0.2) is 54.7 Å². The number of carbonyl (C=O) groups excluding carboxylic acids is 1. The summed E-state index contributed by atoms with van der Waals surface area (Å²) in [6, 6.07) is 6.69. The molecule has 29 heavy (non-hydrogen) atoms. The van der Waals surface area contributed by atoms with E-state index < -0.39 is 15.6 Å². The second-order valence-corrected chi connectivity index (χ2v) is 11.4. The van der Waals surface area contributed by atoms with Gasteiger partial charge in [-0.2, -0.15) is 4.31 Å². The summed E-state index contributed by atoms with van der Waals surface area (Å²) in [7, 11) is -3.50. The average molecular weight is 485 g/mol.